The molecule has 0 saturated carbocycles. The number of nitrogens with one attached hydrogen (secondary N) is 1. The van der Waals surface area contributed by atoms with Gasteiger partial charge in [-0.05, 0) is 24.6 Å². The van der Waals surface area contributed by atoms with Crippen LogP contribution in [0.3, 0.4) is 0 Å². The van der Waals surface area contributed by atoms with Crippen molar-refractivity contribution in [1.82, 2.24) is 19.6 Å². The number of anilines is 1. The average molecular weight is 450 g/mol. The zero-order valence-electron chi connectivity index (χ0n) is 17.4. The molecular formula is C20H27N5O5S. The van der Waals surface area contributed by atoms with Crippen LogP contribution in [-0.2, 0) is 14.8 Å². The molecule has 0 bridgehead atoms. The molecule has 1 fully saturated rings. The van der Waals surface area contributed by atoms with E-state index >= 15 is 0 Å². The van der Waals surface area contributed by atoms with Crippen LogP contribution in [0, 0.1) is 0 Å². The molecule has 3 rings (SSSR count). The maximum atomic E-state index is 12.6. The second-order valence-electron chi connectivity index (χ2n) is 6.89. The Morgan fingerprint density at radius 2 is 1.74 bits per heavy atom. The third kappa shape index (κ3) is 6.53. The molecule has 0 unspecified atom stereocenters. The lowest BCUT2D eigenvalue weighted by Crippen LogP contribution is -2.50. The van der Waals surface area contributed by atoms with Gasteiger partial charge >= 0.3 is 0 Å². The van der Waals surface area contributed by atoms with Crippen LogP contribution in [0.5, 0.6) is 11.5 Å². The number of ether oxygens (including phenoxy) is 2. The highest BCUT2D eigenvalue weighted by Gasteiger charge is 2.27. The Balaban J connectivity index is 1.35. The molecule has 1 saturated heterocycles. The average Bonchev–Trinajstić information content (AvgIpc) is 2.81. The Hall–Kier alpha value is -2.92. The highest BCUT2D eigenvalue weighted by molar-refractivity contribution is 7.89. The molecule has 0 radical (unpaired) electrons. The number of benzene rings is 1. The first-order valence-corrected chi connectivity index (χ1v) is 11.6. The molecule has 1 aliphatic rings. The van der Waals surface area contributed by atoms with Crippen molar-refractivity contribution in [1.29, 1.82) is 0 Å². The normalized spacial score (nSPS) is 14.8. The lowest BCUT2D eigenvalue weighted by molar-refractivity contribution is -0.123. The number of rotatable bonds is 10. The fraction of sp³-hybridized carbons (Fsp3) is 0.450. The number of amides is 1. The van der Waals surface area contributed by atoms with Crippen LogP contribution in [0.1, 0.15) is 6.42 Å². The number of sulfonamides is 1. The summed E-state index contributed by atoms with van der Waals surface area (Å²) in [6, 6.07) is 8.79. The van der Waals surface area contributed by atoms with Crippen molar-refractivity contribution in [2.75, 3.05) is 57.1 Å². The van der Waals surface area contributed by atoms with E-state index in [2.05, 4.69) is 15.3 Å². The van der Waals surface area contributed by atoms with Gasteiger partial charge in [0, 0.05) is 45.1 Å². The van der Waals surface area contributed by atoms with Gasteiger partial charge in [-0.3, -0.25) is 4.79 Å². The fourth-order valence-electron chi connectivity index (χ4n) is 3.16. The first-order valence-electron chi connectivity index (χ1n) is 10.0. The molecule has 0 atom stereocenters. The van der Waals surface area contributed by atoms with E-state index in [9.17, 15) is 13.2 Å². The Morgan fingerprint density at radius 3 is 2.42 bits per heavy atom. The zero-order valence-corrected chi connectivity index (χ0v) is 18.3. The fourth-order valence-corrected chi connectivity index (χ4v) is 4.65. The van der Waals surface area contributed by atoms with Crippen LogP contribution in [0.25, 0.3) is 0 Å². The molecule has 2 aromatic rings. The molecule has 2 heterocycles. The van der Waals surface area contributed by atoms with Crippen LogP contribution >= 0.6 is 0 Å². The second kappa shape index (κ2) is 10.9. The number of nitrogens with zero attached hydrogens (tertiary/aromatic N) is 4. The summed E-state index contributed by atoms with van der Waals surface area (Å²) in [7, 11) is -1.86. The predicted octanol–water partition coefficient (Wildman–Crippen LogP) is 0.522. The lowest BCUT2D eigenvalue weighted by Gasteiger charge is -2.33. The largest absolute Gasteiger partial charge is 0.493 e. The minimum Gasteiger partial charge on any atom is -0.493 e. The second-order valence-corrected chi connectivity index (χ2v) is 8.98. The Bertz CT molecular complexity index is 949. The molecule has 10 nitrogen and oxygen atoms in total. The number of hydrogen-bond acceptors (Lipinski definition) is 8. The summed E-state index contributed by atoms with van der Waals surface area (Å²) in [5.74, 6) is 1.28. The minimum absolute atomic E-state index is 0.0253. The number of carbonyl (C=O) groups excluding carboxylic acids is 1. The van der Waals surface area contributed by atoms with Crippen LogP contribution in [-0.4, -0.2) is 80.8 Å². The summed E-state index contributed by atoms with van der Waals surface area (Å²) in [6.07, 6.45) is 3.66. The number of para-hydroxylation sites is 2. The third-order valence-electron chi connectivity index (χ3n) is 4.80. The van der Waals surface area contributed by atoms with Gasteiger partial charge in [0.25, 0.3) is 5.91 Å². The van der Waals surface area contributed by atoms with Crippen molar-refractivity contribution in [2.24, 2.45) is 0 Å². The van der Waals surface area contributed by atoms with Crippen molar-refractivity contribution in [3.8, 4) is 11.5 Å². The van der Waals surface area contributed by atoms with Gasteiger partial charge in [0.15, 0.2) is 18.1 Å². The van der Waals surface area contributed by atoms with Gasteiger partial charge in [-0.1, -0.05) is 12.1 Å². The molecule has 1 amide bonds. The zero-order chi connectivity index (χ0) is 22.1. The van der Waals surface area contributed by atoms with E-state index < -0.39 is 10.0 Å². The first-order chi connectivity index (χ1) is 15.0. The van der Waals surface area contributed by atoms with E-state index in [0.717, 1.165) is 0 Å². The van der Waals surface area contributed by atoms with Crippen LogP contribution in [0.15, 0.2) is 42.7 Å². The minimum atomic E-state index is -3.38. The molecule has 1 aliphatic heterocycles. The van der Waals surface area contributed by atoms with Crippen LogP contribution in [0.4, 0.5) is 5.95 Å². The van der Waals surface area contributed by atoms with Crippen molar-refractivity contribution in [3.63, 3.8) is 0 Å². The summed E-state index contributed by atoms with van der Waals surface area (Å²) < 4.78 is 37.3. The quantitative estimate of drug-likeness (QED) is 0.523. The topological polar surface area (TPSA) is 114 Å². The summed E-state index contributed by atoms with van der Waals surface area (Å²) in [5.41, 5.74) is 0. The van der Waals surface area contributed by atoms with Crippen LogP contribution in [0.2, 0.25) is 0 Å². The summed E-state index contributed by atoms with van der Waals surface area (Å²) in [5, 5.41) is 2.68. The van der Waals surface area contributed by atoms with Gasteiger partial charge in [0.2, 0.25) is 16.0 Å². The Kier molecular flexibility index (Phi) is 8.01. The highest BCUT2D eigenvalue weighted by atomic mass is 32.2. The maximum Gasteiger partial charge on any atom is 0.257 e. The van der Waals surface area contributed by atoms with Crippen molar-refractivity contribution < 1.29 is 22.7 Å². The Morgan fingerprint density at radius 1 is 1.06 bits per heavy atom. The van der Waals surface area contributed by atoms with E-state index in [-0.39, 0.29) is 24.8 Å². The third-order valence-corrected chi connectivity index (χ3v) is 6.75. The summed E-state index contributed by atoms with van der Waals surface area (Å²) >= 11 is 0. The Labute approximate surface area is 182 Å². The van der Waals surface area contributed by atoms with Crippen molar-refractivity contribution >= 4 is 21.9 Å². The lowest BCUT2D eigenvalue weighted by atomic mass is 10.3. The molecule has 0 aliphatic carbocycles. The smallest absolute Gasteiger partial charge is 0.257 e. The van der Waals surface area contributed by atoms with Gasteiger partial charge in [-0.2, -0.15) is 4.31 Å². The van der Waals surface area contributed by atoms with E-state index in [4.69, 9.17) is 9.47 Å². The summed E-state index contributed by atoms with van der Waals surface area (Å²) in [4.78, 5) is 22.3. The molecule has 1 N–H and O–H groups in total. The number of hydrogen-bond donors (Lipinski definition) is 1. The monoisotopic (exact) mass is 449 g/mol. The molecule has 168 valence electrons. The van der Waals surface area contributed by atoms with Gasteiger partial charge < -0.3 is 19.7 Å². The highest BCUT2D eigenvalue weighted by Crippen LogP contribution is 2.25. The maximum absolute atomic E-state index is 12.6. The van der Waals surface area contributed by atoms with Gasteiger partial charge in [0.1, 0.15) is 0 Å². The SMILES string of the molecule is COc1ccccc1OCC(=O)NCCCS(=O)(=O)N1CCN(c2ncccn2)CC1. The standard InChI is InChI=1S/C20H27N5O5S/c1-29-17-6-2-3-7-18(17)30-16-19(26)21-10-5-15-31(27,28)25-13-11-24(12-14-25)20-22-8-4-9-23-20/h2-4,6-9H,5,10-16H2,1H3,(H,21,26). The predicted molar refractivity (Wildman–Crippen MR) is 116 cm³/mol. The molecule has 1 aromatic heterocycles. The van der Waals surface area contributed by atoms with E-state index in [1.807, 2.05) is 11.0 Å². The number of aromatic nitrogens is 2. The molecule has 31 heavy (non-hydrogen) atoms. The first kappa shape index (κ1) is 22.8. The van der Waals surface area contributed by atoms with E-state index in [0.29, 0.717) is 50.0 Å². The molecule has 1 aromatic carbocycles. The van der Waals surface area contributed by atoms with Crippen LogP contribution < -0.4 is 19.7 Å². The number of piperazine rings is 1. The van der Waals surface area contributed by atoms with E-state index in [1.165, 1.54) is 11.4 Å². The van der Waals surface area contributed by atoms with E-state index in [1.54, 1.807) is 36.7 Å². The number of carbonyl (C=O) groups is 1. The number of methoxy groups -OCH3 is 1. The summed E-state index contributed by atoms with van der Waals surface area (Å²) in [6.45, 7) is 1.95. The van der Waals surface area contributed by atoms with Gasteiger partial charge in [-0.25, -0.2) is 18.4 Å². The van der Waals surface area contributed by atoms with Gasteiger partial charge in [0.05, 0.1) is 12.9 Å². The van der Waals surface area contributed by atoms with Crippen molar-refractivity contribution in [3.05, 3.63) is 42.7 Å². The molecule has 11 heteroatoms. The molecule has 0 spiro atoms. The molecular weight excluding hydrogens is 422 g/mol. The van der Waals surface area contributed by atoms with Gasteiger partial charge in [-0.15, -0.1) is 0 Å². The van der Waals surface area contributed by atoms with Crippen molar-refractivity contribution in [2.45, 2.75) is 6.42 Å².